The maximum absolute atomic E-state index is 13.0. The second-order valence-electron chi connectivity index (χ2n) is 6.80. The molecule has 4 rings (SSSR count). The first-order chi connectivity index (χ1) is 15.5. The summed E-state index contributed by atoms with van der Waals surface area (Å²) in [6, 6.07) is 15.1. The third kappa shape index (κ3) is 5.45. The molecule has 0 unspecified atom stereocenters. The predicted molar refractivity (Wildman–Crippen MR) is 131 cm³/mol. The van der Waals surface area contributed by atoms with Crippen LogP contribution in [-0.2, 0) is 11.4 Å². The van der Waals surface area contributed by atoms with E-state index in [0.717, 1.165) is 16.1 Å². The lowest BCUT2D eigenvalue weighted by atomic mass is 10.2. The summed E-state index contributed by atoms with van der Waals surface area (Å²) in [4.78, 5) is 19.6. The molecule has 0 atom stereocenters. The van der Waals surface area contributed by atoms with Crippen molar-refractivity contribution >= 4 is 57.0 Å². The zero-order valence-electron chi connectivity index (χ0n) is 17.2. The van der Waals surface area contributed by atoms with Gasteiger partial charge in [-0.15, -0.1) is 16.8 Å². The molecule has 3 aromatic rings. The fourth-order valence-corrected chi connectivity index (χ4v) is 4.62. The lowest BCUT2D eigenvalue weighted by molar-refractivity contribution is -0.121. The van der Waals surface area contributed by atoms with Gasteiger partial charge in [-0.05, 0) is 60.2 Å². The van der Waals surface area contributed by atoms with E-state index in [-0.39, 0.29) is 5.91 Å². The summed E-state index contributed by atoms with van der Waals surface area (Å²) in [5.74, 6) is 0.591. The largest absolute Gasteiger partial charge is 0.489 e. The zero-order chi connectivity index (χ0) is 22.5. The number of amides is 1. The molecule has 1 saturated heterocycles. The second-order valence-corrected chi connectivity index (χ2v) is 9.41. The summed E-state index contributed by atoms with van der Waals surface area (Å²) in [6.07, 6.45) is 3.51. The van der Waals surface area contributed by atoms with E-state index in [1.807, 2.05) is 61.5 Å². The first-order valence-electron chi connectivity index (χ1n) is 9.70. The molecule has 0 aliphatic carbocycles. The van der Waals surface area contributed by atoms with Gasteiger partial charge in [0.2, 0.25) is 5.13 Å². The second kappa shape index (κ2) is 10.1. The van der Waals surface area contributed by atoms with Crippen LogP contribution in [0.3, 0.4) is 0 Å². The summed E-state index contributed by atoms with van der Waals surface area (Å²) >= 11 is 8.61. The minimum Gasteiger partial charge on any atom is -0.489 e. The molecule has 1 amide bonds. The van der Waals surface area contributed by atoms with Gasteiger partial charge in [-0.2, -0.15) is 4.99 Å². The molecule has 162 valence electrons. The van der Waals surface area contributed by atoms with Gasteiger partial charge in [0.05, 0.1) is 4.91 Å². The highest BCUT2D eigenvalue weighted by atomic mass is 35.5. The number of nitrogens with zero attached hydrogens (tertiary/aromatic N) is 4. The Morgan fingerprint density at radius 1 is 1.22 bits per heavy atom. The summed E-state index contributed by atoms with van der Waals surface area (Å²) < 4.78 is 5.90. The molecule has 1 fully saturated rings. The average Bonchev–Trinajstić information content (AvgIpc) is 3.32. The van der Waals surface area contributed by atoms with E-state index in [2.05, 4.69) is 21.8 Å². The molecule has 0 radical (unpaired) electrons. The van der Waals surface area contributed by atoms with Gasteiger partial charge < -0.3 is 4.74 Å². The van der Waals surface area contributed by atoms with Gasteiger partial charge in [-0.3, -0.25) is 9.69 Å². The number of ether oxygens (including phenoxy) is 1. The van der Waals surface area contributed by atoms with E-state index in [0.29, 0.717) is 39.1 Å². The van der Waals surface area contributed by atoms with Crippen molar-refractivity contribution in [1.82, 2.24) is 15.1 Å². The molecule has 6 nitrogen and oxygen atoms in total. The van der Waals surface area contributed by atoms with E-state index in [9.17, 15) is 4.79 Å². The molecule has 0 N–H and O–H groups in total. The Balaban J connectivity index is 1.52. The number of carbonyl (C=O) groups is 1. The van der Waals surface area contributed by atoms with Gasteiger partial charge in [0.15, 0.2) is 5.17 Å². The quantitative estimate of drug-likeness (QED) is 0.311. The summed E-state index contributed by atoms with van der Waals surface area (Å²) in [5, 5.41) is 10.6. The van der Waals surface area contributed by atoms with Crippen molar-refractivity contribution in [2.45, 2.75) is 13.5 Å². The number of carbonyl (C=O) groups excluding carboxylic acids is 1. The number of hydrogen-bond acceptors (Lipinski definition) is 7. The fraction of sp³-hybridized carbons (Fsp3) is 0.130. The van der Waals surface area contributed by atoms with Crippen LogP contribution in [0.5, 0.6) is 5.75 Å². The van der Waals surface area contributed by atoms with Crippen molar-refractivity contribution < 1.29 is 9.53 Å². The lowest BCUT2D eigenvalue weighted by Gasteiger charge is -2.11. The number of aryl methyl sites for hydroxylation is 1. The van der Waals surface area contributed by atoms with E-state index in [1.165, 1.54) is 23.1 Å². The Bertz CT molecular complexity index is 1200. The van der Waals surface area contributed by atoms with Crippen LogP contribution in [0.2, 0.25) is 5.02 Å². The highest BCUT2D eigenvalue weighted by molar-refractivity contribution is 8.18. The zero-order valence-corrected chi connectivity index (χ0v) is 19.6. The molecule has 0 bridgehead atoms. The number of amidine groups is 1. The SMILES string of the molecule is C=CCN1C(=O)/C(=C/c2cccc(OCc3ccc(Cl)cc3)c2)S/C1=N/c1nnc(C)s1. The highest BCUT2D eigenvalue weighted by Crippen LogP contribution is 2.35. The molecule has 1 aliphatic heterocycles. The van der Waals surface area contributed by atoms with Crippen LogP contribution in [0.25, 0.3) is 6.08 Å². The number of aromatic nitrogens is 2. The number of rotatable bonds is 7. The molecule has 2 heterocycles. The molecule has 0 saturated carbocycles. The van der Waals surface area contributed by atoms with Crippen LogP contribution >= 0.6 is 34.7 Å². The van der Waals surface area contributed by atoms with Gasteiger partial charge in [0, 0.05) is 11.6 Å². The maximum atomic E-state index is 13.0. The monoisotopic (exact) mass is 482 g/mol. The molecule has 0 spiro atoms. The summed E-state index contributed by atoms with van der Waals surface area (Å²) in [5.41, 5.74) is 1.88. The van der Waals surface area contributed by atoms with E-state index in [1.54, 1.807) is 11.0 Å². The Morgan fingerprint density at radius 2 is 2.03 bits per heavy atom. The molecule has 1 aliphatic rings. The van der Waals surface area contributed by atoms with Crippen LogP contribution in [0.1, 0.15) is 16.1 Å². The van der Waals surface area contributed by atoms with Crippen molar-refractivity contribution in [2.75, 3.05) is 6.54 Å². The molecule has 32 heavy (non-hydrogen) atoms. The van der Waals surface area contributed by atoms with Crippen LogP contribution in [0.4, 0.5) is 5.13 Å². The van der Waals surface area contributed by atoms with Crippen molar-refractivity contribution in [3.8, 4) is 5.75 Å². The summed E-state index contributed by atoms with van der Waals surface area (Å²) in [7, 11) is 0. The standard InChI is InChI=1S/C23H19ClN4O2S2/c1-3-11-28-21(29)20(32-23(28)25-22-27-26-15(2)31-22)13-17-5-4-6-19(12-17)30-14-16-7-9-18(24)10-8-16/h3-10,12-13H,1,11,14H2,2H3/b20-13-,25-23+. The minimum atomic E-state index is -0.123. The van der Waals surface area contributed by atoms with Gasteiger partial charge in [0.25, 0.3) is 5.91 Å². The minimum absolute atomic E-state index is 0.123. The summed E-state index contributed by atoms with van der Waals surface area (Å²) in [6.45, 7) is 6.40. The molecular weight excluding hydrogens is 464 g/mol. The van der Waals surface area contributed by atoms with Gasteiger partial charge in [-0.25, -0.2) is 0 Å². The highest BCUT2D eigenvalue weighted by Gasteiger charge is 2.33. The van der Waals surface area contributed by atoms with Crippen molar-refractivity contribution in [2.24, 2.45) is 4.99 Å². The number of aliphatic imine (C=N–C) groups is 1. The number of halogens is 1. The van der Waals surface area contributed by atoms with E-state index >= 15 is 0 Å². The topological polar surface area (TPSA) is 67.7 Å². The Labute approximate surface area is 199 Å². The van der Waals surface area contributed by atoms with Gasteiger partial charge in [-0.1, -0.05) is 53.3 Å². The first-order valence-corrected chi connectivity index (χ1v) is 11.7. The van der Waals surface area contributed by atoms with E-state index in [4.69, 9.17) is 16.3 Å². The fourth-order valence-electron chi connectivity index (χ4n) is 2.89. The third-order valence-corrected chi connectivity index (χ3v) is 6.37. The number of benzene rings is 2. The first kappa shape index (κ1) is 22.3. The average molecular weight is 483 g/mol. The third-order valence-electron chi connectivity index (χ3n) is 4.38. The smallest absolute Gasteiger partial charge is 0.267 e. The molecule has 1 aromatic heterocycles. The van der Waals surface area contributed by atoms with Crippen LogP contribution in [0, 0.1) is 6.92 Å². The van der Waals surface area contributed by atoms with Crippen molar-refractivity contribution in [3.05, 3.63) is 87.2 Å². The van der Waals surface area contributed by atoms with Crippen molar-refractivity contribution in [3.63, 3.8) is 0 Å². The van der Waals surface area contributed by atoms with Gasteiger partial charge in [0.1, 0.15) is 17.4 Å². The van der Waals surface area contributed by atoms with Crippen LogP contribution < -0.4 is 4.74 Å². The Hall–Kier alpha value is -2.94. The molecular formula is C23H19ClN4O2S2. The van der Waals surface area contributed by atoms with Crippen LogP contribution in [-0.4, -0.2) is 32.7 Å². The van der Waals surface area contributed by atoms with Gasteiger partial charge >= 0.3 is 0 Å². The normalized spacial score (nSPS) is 16.2. The lowest BCUT2D eigenvalue weighted by Crippen LogP contribution is -2.29. The number of hydrogen-bond donors (Lipinski definition) is 0. The van der Waals surface area contributed by atoms with Crippen molar-refractivity contribution in [1.29, 1.82) is 0 Å². The number of thioether (sulfide) groups is 1. The Kier molecular flexibility index (Phi) is 7.04. The van der Waals surface area contributed by atoms with Crippen LogP contribution in [0.15, 0.2) is 71.1 Å². The predicted octanol–water partition coefficient (Wildman–Crippen LogP) is 5.87. The molecule has 2 aromatic carbocycles. The molecule has 9 heteroatoms. The Morgan fingerprint density at radius 3 is 2.75 bits per heavy atom. The maximum Gasteiger partial charge on any atom is 0.267 e. The van der Waals surface area contributed by atoms with E-state index < -0.39 is 0 Å².